The third-order valence-electron chi connectivity index (χ3n) is 3.54. The molecule has 0 spiro atoms. The molecule has 2 aromatic heterocycles. The highest BCUT2D eigenvalue weighted by Crippen LogP contribution is 2.29. The number of nitrogens with one attached hydrogen (secondary N) is 1. The van der Waals surface area contributed by atoms with Crippen LogP contribution in [0.1, 0.15) is 30.9 Å². The summed E-state index contributed by atoms with van der Waals surface area (Å²) in [6.07, 6.45) is 4.03. The predicted molar refractivity (Wildman–Crippen MR) is 83.7 cm³/mol. The molecule has 0 aliphatic rings. The second-order valence-corrected chi connectivity index (χ2v) is 5.41. The zero-order valence-corrected chi connectivity index (χ0v) is 12.1. The van der Waals surface area contributed by atoms with Gasteiger partial charge in [0.25, 0.3) is 0 Å². The molecule has 3 aromatic rings. The lowest BCUT2D eigenvalue weighted by Crippen LogP contribution is -2.00. The standard InChI is InChI=1S/C17H19N3/c1-12(2)14-8-6-7-13(3)17(14)19-15-11-20-10-5-4-9-16(20)18-15/h4-12,19H,1-3H3. The monoisotopic (exact) mass is 265 g/mol. The van der Waals surface area contributed by atoms with Crippen LogP contribution < -0.4 is 5.32 Å². The Morgan fingerprint density at radius 3 is 2.70 bits per heavy atom. The van der Waals surface area contributed by atoms with Crippen molar-refractivity contribution in [3.63, 3.8) is 0 Å². The first kappa shape index (κ1) is 12.7. The molecule has 0 aliphatic heterocycles. The van der Waals surface area contributed by atoms with Crippen molar-refractivity contribution in [2.24, 2.45) is 0 Å². The Kier molecular flexibility index (Phi) is 3.18. The molecule has 0 amide bonds. The van der Waals surface area contributed by atoms with Gasteiger partial charge in [-0.25, -0.2) is 4.98 Å². The minimum absolute atomic E-state index is 0.481. The molecule has 1 N–H and O–H groups in total. The van der Waals surface area contributed by atoms with Crippen molar-refractivity contribution >= 4 is 17.2 Å². The fourth-order valence-corrected chi connectivity index (χ4v) is 2.47. The Morgan fingerprint density at radius 2 is 1.95 bits per heavy atom. The summed E-state index contributed by atoms with van der Waals surface area (Å²) >= 11 is 0. The normalized spacial score (nSPS) is 11.2. The molecule has 0 aliphatic carbocycles. The van der Waals surface area contributed by atoms with E-state index in [0.717, 1.165) is 11.5 Å². The number of nitrogens with zero attached hydrogens (tertiary/aromatic N) is 2. The summed E-state index contributed by atoms with van der Waals surface area (Å²) in [5.74, 6) is 1.36. The number of hydrogen-bond acceptors (Lipinski definition) is 2. The summed E-state index contributed by atoms with van der Waals surface area (Å²) in [4.78, 5) is 4.60. The molecule has 0 saturated heterocycles. The van der Waals surface area contributed by atoms with Gasteiger partial charge in [-0.3, -0.25) is 0 Å². The number of fused-ring (bicyclic) bond motifs is 1. The van der Waals surface area contributed by atoms with E-state index in [9.17, 15) is 0 Å². The zero-order chi connectivity index (χ0) is 14.1. The predicted octanol–water partition coefficient (Wildman–Crippen LogP) is 4.51. The number of imidazole rings is 1. The molecule has 20 heavy (non-hydrogen) atoms. The van der Waals surface area contributed by atoms with Crippen LogP contribution in [0.2, 0.25) is 0 Å². The van der Waals surface area contributed by atoms with Gasteiger partial charge in [0.1, 0.15) is 11.5 Å². The van der Waals surface area contributed by atoms with Crippen LogP contribution in [-0.2, 0) is 0 Å². The number of aryl methyl sites for hydroxylation is 1. The maximum atomic E-state index is 4.60. The molecule has 0 bridgehead atoms. The molecule has 0 saturated carbocycles. The first-order valence-electron chi connectivity index (χ1n) is 6.95. The van der Waals surface area contributed by atoms with Crippen molar-refractivity contribution < 1.29 is 0 Å². The SMILES string of the molecule is Cc1cccc(C(C)C)c1Nc1cn2ccccc2n1. The summed E-state index contributed by atoms with van der Waals surface area (Å²) in [6, 6.07) is 12.4. The minimum Gasteiger partial charge on any atom is -0.338 e. The number of hydrogen-bond donors (Lipinski definition) is 1. The summed E-state index contributed by atoms with van der Waals surface area (Å²) in [5.41, 5.74) is 4.69. The zero-order valence-electron chi connectivity index (χ0n) is 12.1. The van der Waals surface area contributed by atoms with Crippen molar-refractivity contribution in [1.29, 1.82) is 0 Å². The molecule has 0 atom stereocenters. The van der Waals surface area contributed by atoms with E-state index in [2.05, 4.69) is 49.3 Å². The lowest BCUT2D eigenvalue weighted by Gasteiger charge is -2.15. The minimum atomic E-state index is 0.481. The number of para-hydroxylation sites is 1. The summed E-state index contributed by atoms with van der Waals surface area (Å²) in [7, 11) is 0. The van der Waals surface area contributed by atoms with Crippen LogP contribution >= 0.6 is 0 Å². The van der Waals surface area contributed by atoms with Gasteiger partial charge in [-0.05, 0) is 36.1 Å². The summed E-state index contributed by atoms with van der Waals surface area (Å²) < 4.78 is 2.02. The van der Waals surface area contributed by atoms with Crippen molar-refractivity contribution in [3.05, 3.63) is 59.9 Å². The molecule has 0 fully saturated rings. The second kappa shape index (κ2) is 5.00. The molecule has 102 valence electrons. The van der Waals surface area contributed by atoms with Crippen LogP contribution in [0.25, 0.3) is 5.65 Å². The van der Waals surface area contributed by atoms with Crippen LogP contribution in [0.15, 0.2) is 48.8 Å². The van der Waals surface area contributed by atoms with Crippen molar-refractivity contribution in [2.75, 3.05) is 5.32 Å². The summed E-state index contributed by atoms with van der Waals surface area (Å²) in [6.45, 7) is 6.55. The third kappa shape index (κ3) is 2.27. The van der Waals surface area contributed by atoms with Gasteiger partial charge in [-0.1, -0.05) is 38.1 Å². The molecule has 3 nitrogen and oxygen atoms in total. The quantitative estimate of drug-likeness (QED) is 0.755. The Balaban J connectivity index is 2.02. The Bertz CT molecular complexity index is 708. The lowest BCUT2D eigenvalue weighted by molar-refractivity contribution is 0.867. The van der Waals surface area contributed by atoms with E-state index in [1.807, 2.05) is 35.0 Å². The fraction of sp³-hybridized carbons (Fsp3) is 0.235. The second-order valence-electron chi connectivity index (χ2n) is 5.41. The van der Waals surface area contributed by atoms with E-state index in [-0.39, 0.29) is 0 Å². The average molecular weight is 265 g/mol. The van der Waals surface area contributed by atoms with Gasteiger partial charge in [0, 0.05) is 11.9 Å². The van der Waals surface area contributed by atoms with E-state index in [1.165, 1.54) is 16.8 Å². The highest BCUT2D eigenvalue weighted by Gasteiger charge is 2.10. The van der Waals surface area contributed by atoms with Gasteiger partial charge in [0.05, 0.1) is 6.20 Å². The smallest absolute Gasteiger partial charge is 0.149 e. The fourth-order valence-electron chi connectivity index (χ4n) is 2.47. The maximum absolute atomic E-state index is 4.60. The van der Waals surface area contributed by atoms with Gasteiger partial charge in [-0.15, -0.1) is 0 Å². The molecular formula is C17H19N3. The van der Waals surface area contributed by atoms with Gasteiger partial charge < -0.3 is 9.72 Å². The van der Waals surface area contributed by atoms with Crippen molar-refractivity contribution in [1.82, 2.24) is 9.38 Å². The summed E-state index contributed by atoms with van der Waals surface area (Å²) in [5, 5.41) is 3.48. The number of benzene rings is 1. The Labute approximate surface area is 119 Å². The van der Waals surface area contributed by atoms with Crippen molar-refractivity contribution in [3.8, 4) is 0 Å². The molecule has 3 rings (SSSR count). The first-order valence-corrected chi connectivity index (χ1v) is 6.95. The lowest BCUT2D eigenvalue weighted by atomic mass is 9.98. The Morgan fingerprint density at radius 1 is 1.10 bits per heavy atom. The maximum Gasteiger partial charge on any atom is 0.149 e. The molecule has 0 radical (unpaired) electrons. The van der Waals surface area contributed by atoms with Crippen LogP contribution in [-0.4, -0.2) is 9.38 Å². The van der Waals surface area contributed by atoms with E-state index in [0.29, 0.717) is 5.92 Å². The first-order chi connectivity index (χ1) is 9.65. The molecular weight excluding hydrogens is 246 g/mol. The van der Waals surface area contributed by atoms with Crippen LogP contribution in [0.5, 0.6) is 0 Å². The highest BCUT2D eigenvalue weighted by atomic mass is 15.1. The highest BCUT2D eigenvalue weighted by molar-refractivity contribution is 5.66. The number of rotatable bonds is 3. The molecule has 0 unspecified atom stereocenters. The van der Waals surface area contributed by atoms with E-state index in [4.69, 9.17) is 0 Å². The Hall–Kier alpha value is -2.29. The average Bonchev–Trinajstić information content (AvgIpc) is 2.83. The van der Waals surface area contributed by atoms with Gasteiger partial charge in [-0.2, -0.15) is 0 Å². The van der Waals surface area contributed by atoms with Crippen molar-refractivity contribution in [2.45, 2.75) is 26.7 Å². The van der Waals surface area contributed by atoms with Gasteiger partial charge in [0.15, 0.2) is 0 Å². The van der Waals surface area contributed by atoms with Crippen LogP contribution in [0.3, 0.4) is 0 Å². The molecule has 3 heteroatoms. The van der Waals surface area contributed by atoms with Gasteiger partial charge in [0.2, 0.25) is 0 Å². The number of pyridine rings is 1. The van der Waals surface area contributed by atoms with E-state index < -0.39 is 0 Å². The largest absolute Gasteiger partial charge is 0.338 e. The molecule has 1 aromatic carbocycles. The number of aromatic nitrogens is 2. The topological polar surface area (TPSA) is 29.3 Å². The third-order valence-corrected chi connectivity index (χ3v) is 3.54. The van der Waals surface area contributed by atoms with Crippen LogP contribution in [0, 0.1) is 6.92 Å². The van der Waals surface area contributed by atoms with Gasteiger partial charge >= 0.3 is 0 Å². The number of anilines is 2. The molecule has 2 heterocycles. The van der Waals surface area contributed by atoms with E-state index >= 15 is 0 Å². The van der Waals surface area contributed by atoms with Crippen LogP contribution in [0.4, 0.5) is 11.5 Å². The van der Waals surface area contributed by atoms with E-state index in [1.54, 1.807) is 0 Å².